The molecule has 0 atom stereocenters. The van der Waals surface area contributed by atoms with Gasteiger partial charge in [0.25, 0.3) is 5.56 Å². The molecule has 1 aliphatic rings. The van der Waals surface area contributed by atoms with E-state index in [-0.39, 0.29) is 6.61 Å². The van der Waals surface area contributed by atoms with Gasteiger partial charge in [0.15, 0.2) is 11.5 Å². The largest absolute Gasteiger partial charge is 0.488 e. The first-order chi connectivity index (χ1) is 14.4. The smallest absolute Gasteiger partial charge is 0.328 e. The minimum absolute atomic E-state index is 0.262. The van der Waals surface area contributed by atoms with Crippen molar-refractivity contribution < 1.29 is 9.47 Å². The molecule has 0 amide bonds. The number of rotatable bonds is 6. The fourth-order valence-electron chi connectivity index (χ4n) is 3.59. The number of nitrogens with zero attached hydrogens (tertiary/aromatic N) is 1. The Bertz CT molecular complexity index is 1250. The average molecular weight is 404 g/mol. The fourth-order valence-corrected chi connectivity index (χ4v) is 3.59. The van der Waals surface area contributed by atoms with E-state index >= 15 is 0 Å². The summed E-state index contributed by atoms with van der Waals surface area (Å²) in [5, 5.41) is 0. The number of benzene rings is 2. The summed E-state index contributed by atoms with van der Waals surface area (Å²) in [6.07, 6.45) is 6.61. The highest BCUT2D eigenvalue weighted by Gasteiger charge is 2.17. The van der Waals surface area contributed by atoms with Crippen molar-refractivity contribution in [3.05, 3.63) is 91.3 Å². The number of nitrogens with one attached hydrogen (secondary N) is 1. The molecule has 0 spiro atoms. The topological polar surface area (TPSA) is 73.3 Å². The molecule has 0 radical (unpaired) electrons. The van der Waals surface area contributed by atoms with E-state index in [4.69, 9.17) is 9.47 Å². The van der Waals surface area contributed by atoms with Crippen molar-refractivity contribution in [2.24, 2.45) is 0 Å². The van der Waals surface area contributed by atoms with E-state index < -0.39 is 11.2 Å². The molecule has 1 N–H and O–H groups in total. The van der Waals surface area contributed by atoms with Crippen LogP contribution in [0, 0.1) is 20.8 Å². The maximum absolute atomic E-state index is 11.9. The van der Waals surface area contributed by atoms with Crippen molar-refractivity contribution in [1.82, 2.24) is 9.55 Å². The molecule has 6 heteroatoms. The van der Waals surface area contributed by atoms with Gasteiger partial charge in [0.1, 0.15) is 12.4 Å². The second-order valence-corrected chi connectivity index (χ2v) is 7.53. The summed E-state index contributed by atoms with van der Waals surface area (Å²) in [5.74, 6) is 2.11. The molecule has 4 rings (SSSR count). The minimum Gasteiger partial charge on any atom is -0.488 e. The Kier molecular flexibility index (Phi) is 5.31. The van der Waals surface area contributed by atoms with Crippen LogP contribution in [0.2, 0.25) is 0 Å². The maximum atomic E-state index is 11.9. The van der Waals surface area contributed by atoms with Crippen LogP contribution >= 0.6 is 0 Å². The summed E-state index contributed by atoms with van der Waals surface area (Å²) in [5.41, 5.74) is 4.72. The molecule has 0 saturated carbocycles. The van der Waals surface area contributed by atoms with Crippen LogP contribution in [-0.4, -0.2) is 16.2 Å². The van der Waals surface area contributed by atoms with Crippen LogP contribution in [-0.2, 0) is 13.0 Å². The van der Waals surface area contributed by atoms with E-state index in [1.54, 1.807) is 0 Å². The van der Waals surface area contributed by atoms with Crippen molar-refractivity contribution in [2.45, 2.75) is 33.7 Å². The van der Waals surface area contributed by atoms with Crippen molar-refractivity contribution in [3.63, 3.8) is 0 Å². The first kappa shape index (κ1) is 19.8. The lowest BCUT2D eigenvalue weighted by Crippen LogP contribution is -2.30. The number of fused-ring (bicyclic) bond motifs is 1. The molecule has 0 unspecified atom stereocenters. The molecule has 0 bridgehead atoms. The van der Waals surface area contributed by atoms with Gasteiger partial charge < -0.3 is 9.47 Å². The van der Waals surface area contributed by atoms with E-state index in [9.17, 15) is 9.59 Å². The fraction of sp³-hybridized carbons (Fsp3) is 0.250. The van der Waals surface area contributed by atoms with Crippen LogP contribution in [0.4, 0.5) is 0 Å². The summed E-state index contributed by atoms with van der Waals surface area (Å²) in [4.78, 5) is 25.3. The number of ether oxygens (including phenoxy) is 2. The monoisotopic (exact) mass is 404 g/mol. The third-order valence-corrected chi connectivity index (χ3v) is 5.33. The summed E-state index contributed by atoms with van der Waals surface area (Å²) < 4.78 is 13.8. The number of aromatic amines is 1. The molecule has 1 aromatic heterocycles. The standard InChI is InChI=1S/C24H24N2O4/c1-15-13-18-5-4-6-19(18)21(14-15)30-20-8-7-16(2)17(3)23(20)29-12-11-26-10-9-22(27)25-24(26)28/h4,6-10,13-14H,5,11-12H2,1-3H3,(H,25,27,28). The second kappa shape index (κ2) is 8.06. The van der Waals surface area contributed by atoms with Crippen molar-refractivity contribution in [1.29, 1.82) is 0 Å². The first-order valence-corrected chi connectivity index (χ1v) is 9.93. The maximum Gasteiger partial charge on any atom is 0.328 e. The van der Waals surface area contributed by atoms with Crippen molar-refractivity contribution >= 4 is 6.08 Å². The number of hydrogen-bond acceptors (Lipinski definition) is 4. The van der Waals surface area contributed by atoms with Gasteiger partial charge in [-0.1, -0.05) is 24.3 Å². The lowest BCUT2D eigenvalue weighted by molar-refractivity contribution is 0.281. The van der Waals surface area contributed by atoms with Gasteiger partial charge in [0.05, 0.1) is 6.54 Å². The molecule has 6 nitrogen and oxygen atoms in total. The summed E-state index contributed by atoms with van der Waals surface area (Å²) in [6.45, 7) is 6.64. The van der Waals surface area contributed by atoms with E-state index in [1.807, 2.05) is 32.0 Å². The lowest BCUT2D eigenvalue weighted by atomic mass is 10.1. The Hall–Kier alpha value is -3.54. The minimum atomic E-state index is -0.453. The molecular formula is C24H24N2O4. The van der Waals surface area contributed by atoms with Crippen LogP contribution < -0.4 is 20.7 Å². The van der Waals surface area contributed by atoms with Gasteiger partial charge >= 0.3 is 5.69 Å². The van der Waals surface area contributed by atoms with Crippen LogP contribution in [0.25, 0.3) is 6.08 Å². The molecule has 30 heavy (non-hydrogen) atoms. The molecule has 3 aromatic rings. The SMILES string of the molecule is Cc1cc2c(c(Oc3ccc(C)c(C)c3OCCn3ccc(=O)[nH]c3=O)c1)C=CC2. The van der Waals surface area contributed by atoms with Gasteiger partial charge in [0.2, 0.25) is 0 Å². The number of H-pyrrole nitrogens is 1. The average Bonchev–Trinajstić information content (AvgIpc) is 3.17. The van der Waals surface area contributed by atoms with Gasteiger partial charge in [0, 0.05) is 17.8 Å². The summed E-state index contributed by atoms with van der Waals surface area (Å²) in [6, 6.07) is 9.46. The lowest BCUT2D eigenvalue weighted by Gasteiger charge is -2.18. The van der Waals surface area contributed by atoms with Crippen LogP contribution in [0.15, 0.2) is 52.2 Å². The van der Waals surface area contributed by atoms with E-state index in [2.05, 4.69) is 30.1 Å². The van der Waals surface area contributed by atoms with Gasteiger partial charge in [-0.25, -0.2) is 4.79 Å². The van der Waals surface area contributed by atoms with Crippen LogP contribution in [0.5, 0.6) is 17.2 Å². The predicted octanol–water partition coefficient (Wildman–Crippen LogP) is 3.90. The highest BCUT2D eigenvalue weighted by Crippen LogP contribution is 2.39. The summed E-state index contributed by atoms with van der Waals surface area (Å²) in [7, 11) is 0. The first-order valence-electron chi connectivity index (χ1n) is 9.93. The Morgan fingerprint density at radius 2 is 1.90 bits per heavy atom. The Morgan fingerprint density at radius 1 is 1.07 bits per heavy atom. The molecule has 0 saturated heterocycles. The number of allylic oxidation sites excluding steroid dienone is 1. The van der Waals surface area contributed by atoms with Crippen molar-refractivity contribution in [2.75, 3.05) is 6.61 Å². The molecule has 0 aliphatic heterocycles. The normalized spacial score (nSPS) is 12.1. The highest BCUT2D eigenvalue weighted by atomic mass is 16.5. The quantitative estimate of drug-likeness (QED) is 0.676. The predicted molar refractivity (Wildman–Crippen MR) is 117 cm³/mol. The number of aryl methyl sites for hydroxylation is 2. The Balaban J connectivity index is 1.60. The zero-order valence-corrected chi connectivity index (χ0v) is 17.3. The second-order valence-electron chi connectivity index (χ2n) is 7.53. The van der Waals surface area contributed by atoms with E-state index in [0.29, 0.717) is 18.0 Å². The molecule has 154 valence electrons. The van der Waals surface area contributed by atoms with Gasteiger partial charge in [-0.15, -0.1) is 0 Å². The third kappa shape index (κ3) is 3.94. The number of hydrogen-bond donors (Lipinski definition) is 1. The Labute approximate surface area is 174 Å². The number of aromatic nitrogens is 2. The Morgan fingerprint density at radius 3 is 2.70 bits per heavy atom. The van der Waals surface area contributed by atoms with Gasteiger partial charge in [-0.2, -0.15) is 0 Å². The zero-order valence-electron chi connectivity index (χ0n) is 17.3. The molecule has 0 fully saturated rings. The zero-order chi connectivity index (χ0) is 21.3. The molecule has 2 aromatic carbocycles. The van der Waals surface area contributed by atoms with Crippen LogP contribution in [0.3, 0.4) is 0 Å². The molecule has 1 aliphatic carbocycles. The third-order valence-electron chi connectivity index (χ3n) is 5.33. The van der Waals surface area contributed by atoms with Crippen LogP contribution in [0.1, 0.15) is 27.8 Å². The highest BCUT2D eigenvalue weighted by molar-refractivity contribution is 5.68. The van der Waals surface area contributed by atoms with Crippen molar-refractivity contribution in [3.8, 4) is 17.2 Å². The molecular weight excluding hydrogens is 380 g/mol. The van der Waals surface area contributed by atoms with Gasteiger partial charge in [-0.05, 0) is 61.6 Å². The molecule has 1 heterocycles. The van der Waals surface area contributed by atoms with Gasteiger partial charge in [-0.3, -0.25) is 14.3 Å². The van der Waals surface area contributed by atoms with E-state index in [0.717, 1.165) is 34.4 Å². The van der Waals surface area contributed by atoms with E-state index in [1.165, 1.54) is 22.4 Å². The summed E-state index contributed by atoms with van der Waals surface area (Å²) >= 11 is 0.